The van der Waals surface area contributed by atoms with Crippen LogP contribution < -0.4 is 5.43 Å². The minimum absolute atomic E-state index is 0.0583. The third-order valence-corrected chi connectivity index (χ3v) is 6.36. The van der Waals surface area contributed by atoms with Gasteiger partial charge in [-0.25, -0.2) is 4.39 Å². The fraction of sp³-hybridized carbons (Fsp3) is 0.360. The van der Waals surface area contributed by atoms with Crippen LogP contribution in [0, 0.1) is 5.82 Å². The summed E-state index contributed by atoms with van der Waals surface area (Å²) in [6.07, 6.45) is 0.782. The first-order chi connectivity index (χ1) is 15.6. The fourth-order valence-corrected chi connectivity index (χ4v) is 4.62. The smallest absolute Gasteiger partial charge is 0.290 e. The first kappa shape index (κ1) is 20.8. The van der Waals surface area contributed by atoms with Crippen LogP contribution in [-0.2, 0) is 11.2 Å². The number of hydrogen-bond acceptors (Lipinski definition) is 5. The van der Waals surface area contributed by atoms with E-state index in [-0.39, 0.29) is 17.1 Å². The quantitative estimate of drug-likeness (QED) is 0.614. The molecule has 7 heteroatoms. The highest BCUT2D eigenvalue weighted by atomic mass is 19.1. The topological polar surface area (TPSA) is 63.0 Å². The number of carbonyl (C=O) groups excluding carboxylic acids is 1. The van der Waals surface area contributed by atoms with E-state index in [1.165, 1.54) is 12.1 Å². The highest BCUT2D eigenvalue weighted by molar-refractivity contribution is 5.99. The van der Waals surface area contributed by atoms with Crippen molar-refractivity contribution in [3.05, 3.63) is 81.0 Å². The highest BCUT2D eigenvalue weighted by Crippen LogP contribution is 2.38. The number of morpholine rings is 1. The lowest BCUT2D eigenvalue weighted by Crippen LogP contribution is -2.42. The van der Waals surface area contributed by atoms with Crippen LogP contribution >= 0.6 is 0 Å². The van der Waals surface area contributed by atoms with Gasteiger partial charge in [0.25, 0.3) is 5.91 Å². The lowest BCUT2D eigenvalue weighted by atomic mass is 9.98. The molecule has 3 heterocycles. The summed E-state index contributed by atoms with van der Waals surface area (Å²) in [5.74, 6) is -0.681. The van der Waals surface area contributed by atoms with Gasteiger partial charge in [0.05, 0.1) is 30.2 Å². The predicted molar refractivity (Wildman–Crippen MR) is 118 cm³/mol. The largest absolute Gasteiger partial charge is 0.450 e. The van der Waals surface area contributed by atoms with Gasteiger partial charge >= 0.3 is 0 Å². The van der Waals surface area contributed by atoms with Gasteiger partial charge in [-0.1, -0.05) is 25.1 Å². The number of carbonyl (C=O) groups is 1. The third kappa shape index (κ3) is 3.61. The van der Waals surface area contributed by atoms with E-state index in [1.807, 2.05) is 19.1 Å². The average molecular weight is 436 g/mol. The molecule has 1 fully saturated rings. The number of benzene rings is 2. The first-order valence-electron chi connectivity index (χ1n) is 11.0. The molecule has 5 rings (SSSR count). The molecular weight excluding hydrogens is 411 g/mol. The minimum atomic E-state index is -0.680. The summed E-state index contributed by atoms with van der Waals surface area (Å²) in [5.41, 5.74) is 2.04. The van der Waals surface area contributed by atoms with Gasteiger partial charge in [-0.2, -0.15) is 0 Å². The molecule has 0 bridgehead atoms. The average Bonchev–Trinajstić information content (AvgIpc) is 3.10. The van der Waals surface area contributed by atoms with E-state index in [0.29, 0.717) is 48.4 Å². The molecule has 3 aromatic rings. The number of amides is 1. The second-order valence-electron chi connectivity index (χ2n) is 8.27. The molecule has 166 valence electrons. The molecule has 1 atom stereocenters. The molecule has 0 saturated carbocycles. The zero-order valence-electron chi connectivity index (χ0n) is 18.0. The van der Waals surface area contributed by atoms with Crippen molar-refractivity contribution in [1.29, 1.82) is 0 Å². The summed E-state index contributed by atoms with van der Waals surface area (Å²) in [7, 11) is 0. The molecule has 6 nitrogen and oxygen atoms in total. The molecule has 0 aliphatic carbocycles. The monoisotopic (exact) mass is 436 g/mol. The Labute approximate surface area is 185 Å². The Bertz CT molecular complexity index is 1230. The van der Waals surface area contributed by atoms with Gasteiger partial charge in [0.2, 0.25) is 5.76 Å². The normalized spacial score (nSPS) is 19.0. The van der Waals surface area contributed by atoms with Crippen LogP contribution in [0.25, 0.3) is 11.0 Å². The Morgan fingerprint density at radius 3 is 2.62 bits per heavy atom. The Balaban J connectivity index is 1.61. The van der Waals surface area contributed by atoms with E-state index in [0.717, 1.165) is 25.1 Å². The lowest BCUT2D eigenvalue weighted by Gasteiger charge is -2.31. The molecule has 1 aromatic heterocycles. The highest BCUT2D eigenvalue weighted by Gasteiger charge is 2.42. The molecule has 2 aliphatic rings. The Morgan fingerprint density at radius 1 is 1.06 bits per heavy atom. The van der Waals surface area contributed by atoms with Crippen molar-refractivity contribution < 1.29 is 18.3 Å². The first-order valence-corrected chi connectivity index (χ1v) is 11.0. The maximum atomic E-state index is 14.1. The lowest BCUT2D eigenvalue weighted by molar-refractivity contribution is 0.0314. The molecule has 0 spiro atoms. The van der Waals surface area contributed by atoms with E-state index in [9.17, 15) is 14.0 Å². The molecule has 32 heavy (non-hydrogen) atoms. The van der Waals surface area contributed by atoms with Crippen LogP contribution in [0.1, 0.15) is 40.2 Å². The number of rotatable bonds is 5. The second-order valence-corrected chi connectivity index (χ2v) is 8.27. The van der Waals surface area contributed by atoms with Crippen molar-refractivity contribution in [2.45, 2.75) is 19.4 Å². The number of halogens is 1. The van der Waals surface area contributed by atoms with Crippen LogP contribution in [0.4, 0.5) is 4.39 Å². The molecular formula is C25H25FN2O4. The predicted octanol–water partition coefficient (Wildman–Crippen LogP) is 3.37. The van der Waals surface area contributed by atoms with Gasteiger partial charge in [0.15, 0.2) is 5.43 Å². The molecule has 1 saturated heterocycles. The number of fused-ring (bicyclic) bond motifs is 2. The third-order valence-electron chi connectivity index (χ3n) is 6.36. The summed E-state index contributed by atoms with van der Waals surface area (Å²) in [6, 6.07) is 10.9. The summed E-state index contributed by atoms with van der Waals surface area (Å²) in [5, 5.41) is 0.451. The van der Waals surface area contributed by atoms with Crippen LogP contribution in [0.2, 0.25) is 0 Å². The second kappa shape index (κ2) is 8.48. The maximum absolute atomic E-state index is 14.1. The molecule has 2 aromatic carbocycles. The number of hydrogen-bond donors (Lipinski definition) is 0. The number of nitrogens with zero attached hydrogens (tertiary/aromatic N) is 2. The minimum Gasteiger partial charge on any atom is -0.450 e. The SMILES string of the molecule is CCc1ccc2oc3c(c(=O)c2c1)C(c1cccc(F)c1)N(CCN1CCOCC1)C3=O. The van der Waals surface area contributed by atoms with Crippen LogP contribution in [-0.4, -0.2) is 55.1 Å². The molecule has 2 aliphatic heterocycles. The summed E-state index contributed by atoms with van der Waals surface area (Å²) in [4.78, 5) is 30.9. The zero-order valence-corrected chi connectivity index (χ0v) is 18.0. The van der Waals surface area contributed by atoms with Crippen LogP contribution in [0.15, 0.2) is 51.7 Å². The number of ether oxygens (including phenoxy) is 1. The van der Waals surface area contributed by atoms with Gasteiger partial charge in [-0.3, -0.25) is 14.5 Å². The van der Waals surface area contributed by atoms with Crippen molar-refractivity contribution in [3.63, 3.8) is 0 Å². The summed E-state index contributed by atoms with van der Waals surface area (Å²) < 4.78 is 25.5. The van der Waals surface area contributed by atoms with Crippen molar-refractivity contribution >= 4 is 16.9 Å². The van der Waals surface area contributed by atoms with Crippen molar-refractivity contribution in [3.8, 4) is 0 Å². The van der Waals surface area contributed by atoms with Gasteiger partial charge < -0.3 is 14.1 Å². The van der Waals surface area contributed by atoms with Gasteiger partial charge in [-0.05, 0) is 41.8 Å². The van der Waals surface area contributed by atoms with E-state index in [4.69, 9.17) is 9.15 Å². The molecule has 1 unspecified atom stereocenters. The van der Waals surface area contributed by atoms with E-state index in [1.54, 1.807) is 23.1 Å². The van der Waals surface area contributed by atoms with Crippen molar-refractivity contribution in [2.75, 3.05) is 39.4 Å². The summed E-state index contributed by atoms with van der Waals surface area (Å²) in [6.45, 7) is 5.96. The number of aryl methyl sites for hydroxylation is 1. The van der Waals surface area contributed by atoms with Crippen LogP contribution in [0.5, 0.6) is 0 Å². The van der Waals surface area contributed by atoms with Gasteiger partial charge in [-0.15, -0.1) is 0 Å². The summed E-state index contributed by atoms with van der Waals surface area (Å²) >= 11 is 0. The molecule has 0 radical (unpaired) electrons. The molecule has 1 amide bonds. The Morgan fingerprint density at radius 2 is 1.88 bits per heavy atom. The van der Waals surface area contributed by atoms with Crippen molar-refractivity contribution in [2.24, 2.45) is 0 Å². The zero-order chi connectivity index (χ0) is 22.2. The maximum Gasteiger partial charge on any atom is 0.290 e. The fourth-order valence-electron chi connectivity index (χ4n) is 4.62. The van der Waals surface area contributed by atoms with Crippen molar-refractivity contribution in [1.82, 2.24) is 9.80 Å². The van der Waals surface area contributed by atoms with Gasteiger partial charge in [0, 0.05) is 26.2 Å². The van der Waals surface area contributed by atoms with Gasteiger partial charge in [0.1, 0.15) is 11.4 Å². The van der Waals surface area contributed by atoms with E-state index in [2.05, 4.69) is 4.90 Å². The van der Waals surface area contributed by atoms with Crippen LogP contribution in [0.3, 0.4) is 0 Å². The Kier molecular flexibility index (Phi) is 5.53. The Hall–Kier alpha value is -3.03. The standard InChI is InChI=1S/C25H25FN2O4/c1-2-16-6-7-20-19(14-16)23(29)21-22(17-4-3-5-18(26)15-17)28(25(30)24(21)32-20)9-8-27-10-12-31-13-11-27/h3-7,14-15,22H,2,8-13H2,1H3. The molecule has 0 N–H and O–H groups in total. The van der Waals surface area contributed by atoms with E-state index < -0.39 is 11.9 Å². The van der Waals surface area contributed by atoms with E-state index >= 15 is 0 Å².